The topological polar surface area (TPSA) is 128 Å². The van der Waals surface area contributed by atoms with E-state index in [-0.39, 0.29) is 0 Å². The number of amides is 1. The molecule has 0 spiro atoms. The molecule has 3 aromatic carbocycles. The number of aromatic nitrogens is 4. The van der Waals surface area contributed by atoms with Crippen LogP contribution in [0, 0.1) is 0 Å². The van der Waals surface area contributed by atoms with Gasteiger partial charge >= 0.3 is 6.09 Å². The molecule has 0 fully saturated rings. The van der Waals surface area contributed by atoms with Gasteiger partial charge in [-0.15, -0.1) is 0 Å². The number of benzene rings is 3. The first-order chi connectivity index (χ1) is 18.9. The van der Waals surface area contributed by atoms with Crippen LogP contribution in [0.15, 0.2) is 60.7 Å². The molecule has 39 heavy (non-hydrogen) atoms. The highest BCUT2D eigenvalue weighted by molar-refractivity contribution is 5.82. The summed E-state index contributed by atoms with van der Waals surface area (Å²) in [5.74, 6) is 3.10. The Kier molecular flexibility index (Phi) is 7.93. The fourth-order valence-electron chi connectivity index (χ4n) is 4.24. The minimum atomic E-state index is -1.03. The van der Waals surface area contributed by atoms with E-state index in [0.29, 0.717) is 31.9 Å². The van der Waals surface area contributed by atoms with Crippen molar-refractivity contribution in [2.24, 2.45) is 0 Å². The molecule has 0 atom stereocenters. The van der Waals surface area contributed by atoms with Gasteiger partial charge in [0.25, 0.3) is 0 Å². The summed E-state index contributed by atoms with van der Waals surface area (Å²) < 4.78 is 11.6. The third kappa shape index (κ3) is 6.66. The predicted molar refractivity (Wildman–Crippen MR) is 151 cm³/mol. The normalized spacial score (nSPS) is 11.4. The number of hydrogen-bond donors (Lipinski definition) is 4. The van der Waals surface area contributed by atoms with Crippen molar-refractivity contribution in [2.45, 2.75) is 12.8 Å². The van der Waals surface area contributed by atoms with Crippen LogP contribution in [-0.2, 0) is 0 Å². The lowest BCUT2D eigenvalue weighted by Crippen LogP contribution is -2.23. The number of nitrogens with one attached hydrogen (secondary N) is 3. The van der Waals surface area contributed by atoms with Gasteiger partial charge in [0.2, 0.25) is 0 Å². The standard InChI is InChI=1S/C29H32N6O4/c1-35(2)14-4-16-39-22-10-12-24-26(18-22)34-28(32-24)20-7-5-19(6-8-20)27-31-23-11-9-21(17-25(23)33-27)38-15-3-13-30-29(36)37/h5-12,17-18,30H,3-4,13-16H2,1-2H3,(H,31,33)(H,32,34)(H,36,37). The van der Waals surface area contributed by atoms with E-state index in [1.807, 2.05) is 60.7 Å². The minimum Gasteiger partial charge on any atom is -0.493 e. The van der Waals surface area contributed by atoms with E-state index < -0.39 is 6.09 Å². The molecule has 202 valence electrons. The molecule has 4 N–H and O–H groups in total. The Labute approximate surface area is 226 Å². The van der Waals surface area contributed by atoms with E-state index in [1.165, 1.54) is 0 Å². The van der Waals surface area contributed by atoms with Crippen LogP contribution in [0.5, 0.6) is 11.5 Å². The number of ether oxygens (including phenoxy) is 2. The number of carbonyl (C=O) groups is 1. The van der Waals surface area contributed by atoms with Crippen LogP contribution in [0.1, 0.15) is 12.8 Å². The maximum atomic E-state index is 10.5. The van der Waals surface area contributed by atoms with Gasteiger partial charge in [0.1, 0.15) is 23.1 Å². The van der Waals surface area contributed by atoms with Crippen LogP contribution in [0.4, 0.5) is 4.79 Å². The highest BCUT2D eigenvalue weighted by atomic mass is 16.5. The maximum Gasteiger partial charge on any atom is 0.404 e. The Hall–Kier alpha value is -4.57. The number of nitrogens with zero attached hydrogens (tertiary/aromatic N) is 3. The summed E-state index contributed by atoms with van der Waals surface area (Å²) in [5.41, 5.74) is 5.48. The summed E-state index contributed by atoms with van der Waals surface area (Å²) >= 11 is 0. The summed E-state index contributed by atoms with van der Waals surface area (Å²) in [6.07, 6.45) is 0.528. The quantitative estimate of drug-likeness (QED) is 0.165. The van der Waals surface area contributed by atoms with E-state index in [1.54, 1.807) is 0 Å². The van der Waals surface area contributed by atoms with Crippen molar-refractivity contribution in [3.05, 3.63) is 60.7 Å². The molecule has 2 heterocycles. The van der Waals surface area contributed by atoms with E-state index in [0.717, 1.165) is 63.6 Å². The number of H-pyrrole nitrogens is 2. The van der Waals surface area contributed by atoms with Crippen molar-refractivity contribution in [1.29, 1.82) is 0 Å². The second-order valence-corrected chi connectivity index (χ2v) is 9.55. The molecule has 0 aliphatic carbocycles. The number of fused-ring (bicyclic) bond motifs is 2. The van der Waals surface area contributed by atoms with Crippen molar-refractivity contribution >= 4 is 28.2 Å². The second kappa shape index (κ2) is 11.9. The lowest BCUT2D eigenvalue weighted by atomic mass is 10.1. The maximum absolute atomic E-state index is 10.5. The Balaban J connectivity index is 1.24. The van der Waals surface area contributed by atoms with Gasteiger partial charge in [0.05, 0.1) is 35.3 Å². The number of aromatic amines is 2. The SMILES string of the molecule is CN(C)CCCOc1ccc2nc(-c3ccc(-c4nc5ccc(OCCCNC(=O)O)cc5[nH]4)cc3)[nH]c2c1. The van der Waals surface area contributed by atoms with E-state index in [4.69, 9.17) is 24.5 Å². The van der Waals surface area contributed by atoms with Gasteiger partial charge in [-0.2, -0.15) is 0 Å². The fourth-order valence-corrected chi connectivity index (χ4v) is 4.24. The Bertz CT molecular complexity index is 1560. The highest BCUT2D eigenvalue weighted by Crippen LogP contribution is 2.28. The van der Waals surface area contributed by atoms with Gasteiger partial charge in [0, 0.05) is 36.3 Å². The smallest absolute Gasteiger partial charge is 0.404 e. The van der Waals surface area contributed by atoms with Gasteiger partial charge < -0.3 is 34.8 Å². The molecule has 10 nitrogen and oxygen atoms in total. The van der Waals surface area contributed by atoms with Crippen LogP contribution >= 0.6 is 0 Å². The molecule has 5 aromatic rings. The molecular weight excluding hydrogens is 496 g/mol. The van der Waals surface area contributed by atoms with Gasteiger partial charge in [-0.25, -0.2) is 14.8 Å². The summed E-state index contributed by atoms with van der Waals surface area (Å²) in [4.78, 5) is 28.9. The van der Waals surface area contributed by atoms with Gasteiger partial charge in [-0.1, -0.05) is 24.3 Å². The van der Waals surface area contributed by atoms with Crippen LogP contribution in [0.25, 0.3) is 44.8 Å². The van der Waals surface area contributed by atoms with Crippen LogP contribution in [0.3, 0.4) is 0 Å². The van der Waals surface area contributed by atoms with E-state index in [2.05, 4.69) is 34.3 Å². The van der Waals surface area contributed by atoms with Crippen LogP contribution < -0.4 is 14.8 Å². The Morgan fingerprint density at radius 2 is 1.33 bits per heavy atom. The van der Waals surface area contributed by atoms with Gasteiger partial charge in [-0.05, 0) is 51.2 Å². The summed E-state index contributed by atoms with van der Waals surface area (Å²) in [7, 11) is 4.12. The number of carboxylic acid groups (broad SMARTS) is 1. The molecule has 1 amide bonds. The van der Waals surface area contributed by atoms with Crippen molar-refractivity contribution in [3.8, 4) is 34.3 Å². The minimum absolute atomic E-state index is 0.350. The zero-order chi connectivity index (χ0) is 27.2. The van der Waals surface area contributed by atoms with Crippen molar-refractivity contribution in [3.63, 3.8) is 0 Å². The molecular formula is C29H32N6O4. The number of rotatable bonds is 12. The number of hydrogen-bond acceptors (Lipinski definition) is 6. The molecule has 2 aromatic heterocycles. The van der Waals surface area contributed by atoms with Crippen LogP contribution in [0.2, 0.25) is 0 Å². The molecule has 0 bridgehead atoms. The van der Waals surface area contributed by atoms with Crippen LogP contribution in [-0.4, -0.2) is 76.4 Å². The largest absolute Gasteiger partial charge is 0.493 e. The molecule has 0 radical (unpaired) electrons. The molecule has 10 heteroatoms. The van der Waals surface area contributed by atoms with Crippen molar-refractivity contribution < 1.29 is 19.4 Å². The zero-order valence-corrected chi connectivity index (χ0v) is 22.0. The Morgan fingerprint density at radius 1 is 0.821 bits per heavy atom. The average molecular weight is 529 g/mol. The van der Waals surface area contributed by atoms with Gasteiger partial charge in [-0.3, -0.25) is 0 Å². The molecule has 0 unspecified atom stereocenters. The highest BCUT2D eigenvalue weighted by Gasteiger charge is 2.10. The molecule has 5 rings (SSSR count). The molecule has 0 saturated heterocycles. The van der Waals surface area contributed by atoms with E-state index >= 15 is 0 Å². The third-order valence-electron chi connectivity index (χ3n) is 6.22. The molecule has 0 aliphatic heterocycles. The fraction of sp³-hybridized carbons (Fsp3) is 0.276. The zero-order valence-electron chi connectivity index (χ0n) is 22.0. The summed E-state index contributed by atoms with van der Waals surface area (Å²) in [6, 6.07) is 19.7. The first kappa shape index (κ1) is 26.1. The summed E-state index contributed by atoms with van der Waals surface area (Å²) in [6.45, 7) is 2.43. The Morgan fingerprint density at radius 3 is 1.82 bits per heavy atom. The molecule has 0 saturated carbocycles. The number of imidazole rings is 2. The molecule has 0 aliphatic rings. The third-order valence-corrected chi connectivity index (χ3v) is 6.22. The van der Waals surface area contributed by atoms with Gasteiger partial charge in [0.15, 0.2) is 0 Å². The van der Waals surface area contributed by atoms with Crippen molar-refractivity contribution in [1.82, 2.24) is 30.2 Å². The van der Waals surface area contributed by atoms with Crippen molar-refractivity contribution in [2.75, 3.05) is 40.4 Å². The second-order valence-electron chi connectivity index (χ2n) is 9.55. The first-order valence-electron chi connectivity index (χ1n) is 12.9. The average Bonchev–Trinajstić information content (AvgIpc) is 3.54. The monoisotopic (exact) mass is 528 g/mol. The predicted octanol–water partition coefficient (Wildman–Crippen LogP) is 5.14. The first-order valence-corrected chi connectivity index (χ1v) is 12.9. The lowest BCUT2D eigenvalue weighted by Gasteiger charge is -2.10. The summed E-state index contributed by atoms with van der Waals surface area (Å²) in [5, 5.41) is 11.0. The lowest BCUT2D eigenvalue weighted by molar-refractivity contribution is 0.193. The van der Waals surface area contributed by atoms with E-state index in [9.17, 15) is 4.79 Å².